The van der Waals surface area contributed by atoms with Crippen LogP contribution in [-0.2, 0) is 16.1 Å². The van der Waals surface area contributed by atoms with E-state index in [0.29, 0.717) is 6.61 Å². The lowest BCUT2D eigenvalue weighted by Gasteiger charge is -2.26. The molecule has 17 heavy (non-hydrogen) atoms. The Morgan fingerprint density at radius 3 is 2.76 bits per heavy atom. The lowest BCUT2D eigenvalue weighted by atomic mass is 10.2. The highest BCUT2D eigenvalue weighted by Crippen LogP contribution is 2.22. The quantitative estimate of drug-likeness (QED) is 0.831. The summed E-state index contributed by atoms with van der Waals surface area (Å²) in [5.74, 6) is 0. The Kier molecular flexibility index (Phi) is 4.01. The molecule has 2 rings (SSSR count). The standard InChI is InChI=1S/C12H20N2O2S/c1-12(2,3)16-8-10-9-17-11(13-10)14-4-6-15-7-5-14/h9H,4-8H2,1-3H3. The van der Waals surface area contributed by atoms with E-state index in [1.165, 1.54) is 0 Å². The van der Waals surface area contributed by atoms with Crippen molar-refractivity contribution in [2.45, 2.75) is 33.0 Å². The Bertz CT molecular complexity index is 354. The second kappa shape index (κ2) is 5.33. The molecule has 5 heteroatoms. The molecule has 0 bridgehead atoms. The molecule has 0 unspecified atom stereocenters. The summed E-state index contributed by atoms with van der Waals surface area (Å²) in [6.07, 6.45) is 0. The monoisotopic (exact) mass is 256 g/mol. The van der Waals surface area contributed by atoms with Gasteiger partial charge in [-0.05, 0) is 20.8 Å². The van der Waals surface area contributed by atoms with Crippen molar-refractivity contribution in [3.63, 3.8) is 0 Å². The molecule has 0 N–H and O–H groups in total. The summed E-state index contributed by atoms with van der Waals surface area (Å²) in [5.41, 5.74) is 0.911. The predicted molar refractivity (Wildman–Crippen MR) is 69.7 cm³/mol. The molecule has 0 atom stereocenters. The van der Waals surface area contributed by atoms with Gasteiger partial charge in [-0.2, -0.15) is 0 Å². The summed E-state index contributed by atoms with van der Waals surface area (Å²) in [6, 6.07) is 0. The molecular formula is C12H20N2O2S. The molecular weight excluding hydrogens is 236 g/mol. The first-order valence-electron chi connectivity index (χ1n) is 5.96. The van der Waals surface area contributed by atoms with Crippen molar-refractivity contribution < 1.29 is 9.47 Å². The third kappa shape index (κ3) is 3.94. The van der Waals surface area contributed by atoms with E-state index in [0.717, 1.165) is 37.1 Å². The normalized spacial score (nSPS) is 17.5. The number of hydrogen-bond acceptors (Lipinski definition) is 5. The largest absolute Gasteiger partial charge is 0.378 e. The number of nitrogens with zero attached hydrogens (tertiary/aromatic N) is 2. The fraction of sp³-hybridized carbons (Fsp3) is 0.750. The minimum absolute atomic E-state index is 0.108. The van der Waals surface area contributed by atoms with Crippen LogP contribution < -0.4 is 4.90 Å². The van der Waals surface area contributed by atoms with Gasteiger partial charge in [0.15, 0.2) is 5.13 Å². The molecule has 4 nitrogen and oxygen atoms in total. The van der Waals surface area contributed by atoms with Crippen LogP contribution in [-0.4, -0.2) is 36.9 Å². The lowest BCUT2D eigenvalue weighted by Crippen LogP contribution is -2.36. The first-order chi connectivity index (χ1) is 8.04. The van der Waals surface area contributed by atoms with E-state index in [9.17, 15) is 0 Å². The van der Waals surface area contributed by atoms with E-state index in [-0.39, 0.29) is 5.60 Å². The molecule has 1 aliphatic rings. The maximum absolute atomic E-state index is 5.72. The first kappa shape index (κ1) is 12.8. The Morgan fingerprint density at radius 1 is 1.41 bits per heavy atom. The van der Waals surface area contributed by atoms with Crippen molar-refractivity contribution >= 4 is 16.5 Å². The van der Waals surface area contributed by atoms with Crippen LogP contribution in [0.5, 0.6) is 0 Å². The average Bonchev–Trinajstić information content (AvgIpc) is 2.75. The van der Waals surface area contributed by atoms with Gasteiger partial charge in [-0.15, -0.1) is 11.3 Å². The van der Waals surface area contributed by atoms with Gasteiger partial charge < -0.3 is 14.4 Å². The molecule has 1 aliphatic heterocycles. The lowest BCUT2D eigenvalue weighted by molar-refractivity contribution is -0.0162. The van der Waals surface area contributed by atoms with Gasteiger partial charge in [0.2, 0.25) is 0 Å². The van der Waals surface area contributed by atoms with Crippen molar-refractivity contribution in [2.75, 3.05) is 31.2 Å². The zero-order valence-electron chi connectivity index (χ0n) is 10.7. The van der Waals surface area contributed by atoms with E-state index < -0.39 is 0 Å². The second-order valence-electron chi connectivity index (χ2n) is 5.12. The Morgan fingerprint density at radius 2 is 2.12 bits per heavy atom. The van der Waals surface area contributed by atoms with Gasteiger partial charge in [-0.1, -0.05) is 0 Å². The van der Waals surface area contributed by atoms with Gasteiger partial charge in [0.05, 0.1) is 31.1 Å². The summed E-state index contributed by atoms with van der Waals surface area (Å²) in [5, 5.41) is 3.16. The van der Waals surface area contributed by atoms with Gasteiger partial charge in [0.1, 0.15) is 0 Å². The van der Waals surface area contributed by atoms with Gasteiger partial charge in [-0.25, -0.2) is 4.98 Å². The summed E-state index contributed by atoms with van der Waals surface area (Å²) in [4.78, 5) is 6.87. The van der Waals surface area contributed by atoms with Crippen LogP contribution >= 0.6 is 11.3 Å². The third-order valence-corrected chi connectivity index (χ3v) is 3.42. The van der Waals surface area contributed by atoms with E-state index in [4.69, 9.17) is 9.47 Å². The molecule has 0 saturated carbocycles. The zero-order chi connectivity index (χ0) is 12.3. The van der Waals surface area contributed by atoms with E-state index in [1.807, 2.05) is 0 Å². The van der Waals surface area contributed by atoms with Crippen LogP contribution in [0.25, 0.3) is 0 Å². The van der Waals surface area contributed by atoms with Crippen LogP contribution in [0.4, 0.5) is 5.13 Å². The van der Waals surface area contributed by atoms with E-state index in [1.54, 1.807) is 11.3 Å². The highest BCUT2D eigenvalue weighted by atomic mass is 32.1. The molecule has 1 aromatic rings. The van der Waals surface area contributed by atoms with Crippen molar-refractivity contribution in [1.82, 2.24) is 4.98 Å². The van der Waals surface area contributed by atoms with Gasteiger partial charge in [0.25, 0.3) is 0 Å². The van der Waals surface area contributed by atoms with Crippen LogP contribution in [0.3, 0.4) is 0 Å². The molecule has 0 spiro atoms. The van der Waals surface area contributed by atoms with Crippen molar-refractivity contribution in [2.24, 2.45) is 0 Å². The highest BCUT2D eigenvalue weighted by Gasteiger charge is 2.16. The molecule has 1 saturated heterocycles. The Labute approximate surface area is 107 Å². The smallest absolute Gasteiger partial charge is 0.185 e. The molecule has 0 amide bonds. The van der Waals surface area contributed by atoms with Gasteiger partial charge in [-0.3, -0.25) is 0 Å². The fourth-order valence-electron chi connectivity index (χ4n) is 1.55. The number of ether oxygens (including phenoxy) is 2. The number of thiazole rings is 1. The SMILES string of the molecule is CC(C)(C)OCc1csc(N2CCOCC2)n1. The maximum atomic E-state index is 5.72. The molecule has 1 aromatic heterocycles. The number of rotatable bonds is 3. The number of morpholine rings is 1. The molecule has 96 valence electrons. The number of hydrogen-bond donors (Lipinski definition) is 0. The van der Waals surface area contributed by atoms with Crippen LogP contribution in [0.15, 0.2) is 5.38 Å². The Balaban J connectivity index is 1.91. The van der Waals surface area contributed by atoms with E-state index >= 15 is 0 Å². The summed E-state index contributed by atoms with van der Waals surface area (Å²) in [7, 11) is 0. The molecule has 0 aromatic carbocycles. The van der Waals surface area contributed by atoms with Crippen LogP contribution in [0, 0.1) is 0 Å². The van der Waals surface area contributed by atoms with Crippen LogP contribution in [0.2, 0.25) is 0 Å². The third-order valence-electron chi connectivity index (χ3n) is 2.47. The van der Waals surface area contributed by atoms with Gasteiger partial charge >= 0.3 is 0 Å². The first-order valence-corrected chi connectivity index (χ1v) is 6.84. The van der Waals surface area contributed by atoms with Crippen molar-refractivity contribution in [3.8, 4) is 0 Å². The molecule has 0 radical (unpaired) electrons. The maximum Gasteiger partial charge on any atom is 0.185 e. The molecule has 0 aliphatic carbocycles. The highest BCUT2D eigenvalue weighted by molar-refractivity contribution is 7.13. The topological polar surface area (TPSA) is 34.6 Å². The van der Waals surface area contributed by atoms with Crippen molar-refractivity contribution in [3.05, 3.63) is 11.1 Å². The summed E-state index contributed by atoms with van der Waals surface area (Å²) >= 11 is 1.69. The minimum atomic E-state index is -0.108. The predicted octanol–water partition coefficient (Wildman–Crippen LogP) is 2.29. The second-order valence-corrected chi connectivity index (χ2v) is 5.96. The molecule has 1 fully saturated rings. The van der Waals surface area contributed by atoms with Crippen LogP contribution in [0.1, 0.15) is 26.5 Å². The van der Waals surface area contributed by atoms with E-state index in [2.05, 4.69) is 36.0 Å². The minimum Gasteiger partial charge on any atom is -0.378 e. The van der Waals surface area contributed by atoms with Gasteiger partial charge in [0, 0.05) is 18.5 Å². The summed E-state index contributed by atoms with van der Waals surface area (Å²) in [6.45, 7) is 10.2. The molecule has 2 heterocycles. The fourth-order valence-corrected chi connectivity index (χ4v) is 2.42. The Hall–Kier alpha value is -0.650. The zero-order valence-corrected chi connectivity index (χ0v) is 11.5. The number of aromatic nitrogens is 1. The summed E-state index contributed by atoms with van der Waals surface area (Å²) < 4.78 is 11.0. The number of anilines is 1. The van der Waals surface area contributed by atoms with Crippen molar-refractivity contribution in [1.29, 1.82) is 0 Å². The average molecular weight is 256 g/mol.